The van der Waals surface area contributed by atoms with Crippen LogP contribution in [0.1, 0.15) is 54.9 Å². The number of carbonyl (C=O) groups is 1. The molecule has 0 bridgehead atoms. The summed E-state index contributed by atoms with van der Waals surface area (Å²) in [7, 11) is 0. The largest absolute Gasteiger partial charge is 0.478 e. The fourth-order valence-corrected chi connectivity index (χ4v) is 3.50. The predicted molar refractivity (Wildman–Crippen MR) is 99.1 cm³/mol. The van der Waals surface area contributed by atoms with Gasteiger partial charge in [0.1, 0.15) is 0 Å². The first-order valence-corrected chi connectivity index (χ1v) is 8.80. The molecule has 1 aliphatic carbocycles. The Labute approximate surface area is 143 Å². The van der Waals surface area contributed by atoms with Crippen LogP contribution in [-0.4, -0.2) is 11.1 Å². The summed E-state index contributed by atoms with van der Waals surface area (Å²) in [6.07, 6.45) is 8.73. The smallest absolute Gasteiger partial charge is 0.335 e. The number of carboxylic acid groups (broad SMARTS) is 1. The van der Waals surface area contributed by atoms with Crippen molar-refractivity contribution in [2.75, 3.05) is 0 Å². The van der Waals surface area contributed by atoms with Crippen molar-refractivity contribution in [2.45, 2.75) is 39.0 Å². The monoisotopic (exact) mass is 320 g/mol. The molecule has 2 nitrogen and oxygen atoms in total. The third kappa shape index (κ3) is 3.76. The number of hydrogen-bond acceptors (Lipinski definition) is 1. The van der Waals surface area contributed by atoms with Crippen molar-refractivity contribution in [2.24, 2.45) is 5.92 Å². The lowest BCUT2D eigenvalue weighted by Crippen LogP contribution is -2.04. The van der Waals surface area contributed by atoms with Crippen LogP contribution in [0.3, 0.4) is 0 Å². The summed E-state index contributed by atoms with van der Waals surface area (Å²) < 4.78 is 0. The molecule has 3 rings (SSSR count). The van der Waals surface area contributed by atoms with Crippen molar-refractivity contribution in [3.05, 3.63) is 65.7 Å². The van der Waals surface area contributed by atoms with Crippen molar-refractivity contribution in [1.29, 1.82) is 0 Å². The first-order chi connectivity index (χ1) is 11.7. The van der Waals surface area contributed by atoms with E-state index >= 15 is 0 Å². The maximum Gasteiger partial charge on any atom is 0.335 e. The predicted octanol–water partition coefficient (Wildman–Crippen LogP) is 6.04. The zero-order valence-electron chi connectivity index (χ0n) is 14.2. The van der Waals surface area contributed by atoms with E-state index in [9.17, 15) is 4.79 Å². The quantitative estimate of drug-likeness (QED) is 0.729. The summed E-state index contributed by atoms with van der Waals surface area (Å²) >= 11 is 0. The maximum absolute atomic E-state index is 10.9. The average Bonchev–Trinajstić information content (AvgIpc) is 2.63. The van der Waals surface area contributed by atoms with Crippen molar-refractivity contribution < 1.29 is 9.90 Å². The zero-order chi connectivity index (χ0) is 16.9. The van der Waals surface area contributed by atoms with E-state index in [2.05, 4.69) is 37.3 Å². The van der Waals surface area contributed by atoms with Gasteiger partial charge >= 0.3 is 5.97 Å². The van der Waals surface area contributed by atoms with Gasteiger partial charge in [0.05, 0.1) is 5.56 Å². The van der Waals surface area contributed by atoms with Crippen LogP contribution in [0, 0.1) is 5.92 Å². The molecule has 0 saturated heterocycles. The van der Waals surface area contributed by atoms with E-state index in [4.69, 9.17) is 5.11 Å². The van der Waals surface area contributed by atoms with E-state index in [0.29, 0.717) is 5.56 Å². The average molecular weight is 320 g/mol. The Bertz CT molecular complexity index is 724. The molecule has 24 heavy (non-hydrogen) atoms. The second-order valence-electron chi connectivity index (χ2n) is 6.62. The molecule has 2 heteroatoms. The van der Waals surface area contributed by atoms with Gasteiger partial charge in [-0.25, -0.2) is 4.79 Å². The van der Waals surface area contributed by atoms with Gasteiger partial charge in [0.2, 0.25) is 0 Å². The molecule has 1 aliphatic rings. The Morgan fingerprint density at radius 3 is 2.08 bits per heavy atom. The normalized spacial score (nSPS) is 17.4. The molecule has 1 N–H and O–H groups in total. The van der Waals surface area contributed by atoms with Crippen molar-refractivity contribution in [3.63, 3.8) is 0 Å². The van der Waals surface area contributed by atoms with E-state index in [1.54, 1.807) is 12.1 Å². The molecule has 0 radical (unpaired) electrons. The Morgan fingerprint density at radius 2 is 1.58 bits per heavy atom. The summed E-state index contributed by atoms with van der Waals surface area (Å²) in [5.74, 6) is -0.0201. The van der Waals surface area contributed by atoms with Crippen LogP contribution < -0.4 is 0 Å². The minimum atomic E-state index is -0.887. The number of aromatic carboxylic acids is 1. The summed E-state index contributed by atoms with van der Waals surface area (Å²) in [4.78, 5) is 10.9. The third-order valence-electron chi connectivity index (χ3n) is 4.94. The van der Waals surface area contributed by atoms with Gasteiger partial charge in [0.15, 0.2) is 0 Å². The lowest BCUT2D eigenvalue weighted by molar-refractivity contribution is 0.0697. The molecule has 0 aromatic heterocycles. The van der Waals surface area contributed by atoms with Gasteiger partial charge in [0, 0.05) is 0 Å². The number of hydrogen-bond donors (Lipinski definition) is 1. The topological polar surface area (TPSA) is 37.3 Å². The van der Waals surface area contributed by atoms with Crippen LogP contribution in [0.25, 0.3) is 16.7 Å². The van der Waals surface area contributed by atoms with E-state index < -0.39 is 5.97 Å². The van der Waals surface area contributed by atoms with Gasteiger partial charge in [-0.3, -0.25) is 0 Å². The third-order valence-corrected chi connectivity index (χ3v) is 4.94. The molecule has 0 spiro atoms. The Balaban J connectivity index is 1.73. The van der Waals surface area contributed by atoms with Gasteiger partial charge in [-0.15, -0.1) is 0 Å². The van der Waals surface area contributed by atoms with Crippen LogP contribution in [0.4, 0.5) is 0 Å². The molecule has 0 saturated carbocycles. The van der Waals surface area contributed by atoms with Gasteiger partial charge in [-0.05, 0) is 59.6 Å². The first kappa shape index (κ1) is 16.5. The standard InChI is InChI=1S/C22H24O2/c1-2-3-16-4-6-17(7-5-16)18-8-10-19(11-9-18)20-12-14-21(15-13-20)22(23)24/h6,8-16H,2-5,7H2,1H3,(H,23,24). The second-order valence-corrected chi connectivity index (χ2v) is 6.62. The van der Waals surface area contributed by atoms with Crippen LogP contribution >= 0.6 is 0 Å². The summed E-state index contributed by atoms with van der Waals surface area (Å²) in [6.45, 7) is 2.26. The summed E-state index contributed by atoms with van der Waals surface area (Å²) in [5, 5.41) is 8.97. The Hall–Kier alpha value is -2.35. The highest BCUT2D eigenvalue weighted by Crippen LogP contribution is 2.33. The van der Waals surface area contributed by atoms with Gasteiger partial charge in [-0.1, -0.05) is 62.2 Å². The number of carboxylic acids is 1. The number of benzene rings is 2. The highest BCUT2D eigenvalue weighted by molar-refractivity contribution is 5.88. The highest BCUT2D eigenvalue weighted by Gasteiger charge is 2.14. The fraction of sp³-hybridized carbons (Fsp3) is 0.318. The molecule has 0 amide bonds. The Morgan fingerprint density at radius 1 is 1.00 bits per heavy atom. The molecule has 0 fully saturated rings. The van der Waals surface area contributed by atoms with Crippen LogP contribution in [0.5, 0.6) is 0 Å². The molecule has 2 aromatic carbocycles. The van der Waals surface area contributed by atoms with Crippen LogP contribution in [0.2, 0.25) is 0 Å². The number of rotatable bonds is 5. The maximum atomic E-state index is 10.9. The highest BCUT2D eigenvalue weighted by atomic mass is 16.4. The lowest BCUT2D eigenvalue weighted by atomic mass is 9.84. The van der Waals surface area contributed by atoms with E-state index in [1.165, 1.54) is 43.2 Å². The van der Waals surface area contributed by atoms with E-state index in [0.717, 1.165) is 17.0 Å². The van der Waals surface area contributed by atoms with E-state index in [-0.39, 0.29) is 0 Å². The first-order valence-electron chi connectivity index (χ1n) is 8.80. The van der Waals surface area contributed by atoms with Crippen molar-refractivity contribution in [3.8, 4) is 11.1 Å². The SMILES string of the molecule is CCCC1CC=C(c2ccc(-c3ccc(C(=O)O)cc3)cc2)CC1. The van der Waals surface area contributed by atoms with E-state index in [1.807, 2.05) is 12.1 Å². The van der Waals surface area contributed by atoms with Crippen molar-refractivity contribution in [1.82, 2.24) is 0 Å². The van der Waals surface area contributed by atoms with Crippen LogP contribution in [0.15, 0.2) is 54.6 Å². The van der Waals surface area contributed by atoms with Crippen LogP contribution in [-0.2, 0) is 0 Å². The molecule has 124 valence electrons. The molecule has 1 unspecified atom stereocenters. The molecule has 2 aromatic rings. The summed E-state index contributed by atoms with van der Waals surface area (Å²) in [6, 6.07) is 15.7. The summed E-state index contributed by atoms with van der Waals surface area (Å²) in [5.41, 5.74) is 5.28. The minimum absolute atomic E-state index is 0.323. The number of allylic oxidation sites excluding steroid dienone is 2. The molecular weight excluding hydrogens is 296 g/mol. The van der Waals surface area contributed by atoms with Gasteiger partial charge < -0.3 is 5.11 Å². The second kappa shape index (κ2) is 7.48. The molecule has 1 atom stereocenters. The Kier molecular flexibility index (Phi) is 5.14. The van der Waals surface area contributed by atoms with Gasteiger partial charge in [0.25, 0.3) is 0 Å². The molecular formula is C22H24O2. The molecule has 0 heterocycles. The fourth-order valence-electron chi connectivity index (χ4n) is 3.50. The van der Waals surface area contributed by atoms with Gasteiger partial charge in [-0.2, -0.15) is 0 Å². The molecule has 0 aliphatic heterocycles. The van der Waals surface area contributed by atoms with Crippen molar-refractivity contribution >= 4 is 11.5 Å². The minimum Gasteiger partial charge on any atom is -0.478 e. The zero-order valence-corrected chi connectivity index (χ0v) is 14.2. The lowest BCUT2D eigenvalue weighted by Gasteiger charge is -2.21.